The Kier molecular flexibility index (Phi) is 3.85. The van der Waals surface area contributed by atoms with Crippen LogP contribution in [0.25, 0.3) is 10.2 Å². The van der Waals surface area contributed by atoms with Crippen molar-refractivity contribution < 1.29 is 19.4 Å². The lowest BCUT2D eigenvalue weighted by Crippen LogP contribution is -2.44. The van der Waals surface area contributed by atoms with Gasteiger partial charge in [-0.1, -0.05) is 0 Å². The van der Waals surface area contributed by atoms with E-state index in [1.54, 1.807) is 11.4 Å². The van der Waals surface area contributed by atoms with Crippen molar-refractivity contribution >= 4 is 33.5 Å². The molecule has 3 atom stereocenters. The van der Waals surface area contributed by atoms with Gasteiger partial charge in [0.05, 0.1) is 12.1 Å². The van der Waals surface area contributed by atoms with Gasteiger partial charge in [0.25, 0.3) is 5.56 Å². The maximum atomic E-state index is 12.1. The first-order valence-electron chi connectivity index (χ1n) is 6.59. The number of fused-ring (bicyclic) bond motifs is 1. The predicted octanol–water partition coefficient (Wildman–Crippen LogP) is 0.288. The van der Waals surface area contributed by atoms with E-state index in [1.807, 2.05) is 0 Å². The minimum Gasteiger partial charge on any atom is -0.480 e. The van der Waals surface area contributed by atoms with E-state index >= 15 is 0 Å². The topological polar surface area (TPSA) is 105 Å². The van der Waals surface area contributed by atoms with Gasteiger partial charge >= 0.3 is 5.97 Å². The number of nitrogens with one attached hydrogen (secondary N) is 1. The lowest BCUT2D eigenvalue weighted by molar-refractivity contribution is -0.142. The molecule has 0 saturated carbocycles. The fourth-order valence-corrected chi connectivity index (χ4v) is 3.50. The van der Waals surface area contributed by atoms with Gasteiger partial charge in [-0.25, -0.2) is 9.78 Å². The Hall–Kier alpha value is -1.97. The second kappa shape index (κ2) is 5.67. The molecule has 3 rings (SSSR count). The molecule has 0 unspecified atom stereocenters. The average Bonchev–Trinajstić information content (AvgIpc) is 3.10. The molecule has 2 N–H and O–H groups in total. The van der Waals surface area contributed by atoms with Crippen molar-refractivity contribution in [2.45, 2.75) is 18.2 Å². The van der Waals surface area contributed by atoms with Gasteiger partial charge in [0.2, 0.25) is 5.95 Å². The minimum atomic E-state index is -1.06. The third-order valence-corrected chi connectivity index (χ3v) is 4.69. The molecule has 0 aliphatic carbocycles. The highest BCUT2D eigenvalue weighted by Gasteiger charge is 2.47. The summed E-state index contributed by atoms with van der Waals surface area (Å²) in [7, 11) is 2.94. The zero-order chi connectivity index (χ0) is 15.9. The molecule has 2 aromatic heterocycles. The number of hydrogen-bond donors (Lipinski definition) is 2. The number of aromatic nitrogens is 2. The van der Waals surface area contributed by atoms with Crippen molar-refractivity contribution in [1.82, 2.24) is 9.97 Å². The highest BCUT2D eigenvalue weighted by molar-refractivity contribution is 7.17. The number of hydrogen-bond acceptors (Lipinski definition) is 7. The molecule has 0 bridgehead atoms. The first-order chi connectivity index (χ1) is 10.6. The second-order valence-electron chi connectivity index (χ2n) is 4.93. The van der Waals surface area contributed by atoms with Crippen LogP contribution in [0.3, 0.4) is 0 Å². The molecule has 9 heteroatoms. The van der Waals surface area contributed by atoms with Crippen molar-refractivity contribution in [1.29, 1.82) is 0 Å². The fraction of sp³-hybridized carbons (Fsp3) is 0.462. The van der Waals surface area contributed by atoms with Gasteiger partial charge in [-0.15, -0.1) is 11.3 Å². The SMILES string of the molecule is CO[C@@H]1[C@H](OC)CN(c2nc3ccsc3c(=O)[nH]2)[C@H]1C(=O)O. The molecule has 0 aromatic carbocycles. The van der Waals surface area contributed by atoms with E-state index < -0.39 is 24.2 Å². The highest BCUT2D eigenvalue weighted by Crippen LogP contribution is 2.27. The Bertz CT molecular complexity index is 757. The Morgan fingerprint density at radius 2 is 2.27 bits per heavy atom. The van der Waals surface area contributed by atoms with Crippen LogP contribution in [0.15, 0.2) is 16.2 Å². The third kappa shape index (κ3) is 2.27. The van der Waals surface area contributed by atoms with Gasteiger partial charge in [-0.2, -0.15) is 0 Å². The summed E-state index contributed by atoms with van der Waals surface area (Å²) >= 11 is 1.29. The zero-order valence-corrected chi connectivity index (χ0v) is 12.8. The maximum Gasteiger partial charge on any atom is 0.329 e. The monoisotopic (exact) mass is 325 g/mol. The number of thiophene rings is 1. The van der Waals surface area contributed by atoms with Gasteiger partial charge in [-0.05, 0) is 11.4 Å². The minimum absolute atomic E-state index is 0.213. The smallest absolute Gasteiger partial charge is 0.329 e. The second-order valence-corrected chi connectivity index (χ2v) is 5.85. The number of ether oxygens (including phenoxy) is 2. The van der Waals surface area contributed by atoms with Crippen LogP contribution in [0.2, 0.25) is 0 Å². The van der Waals surface area contributed by atoms with Gasteiger partial charge < -0.3 is 19.5 Å². The molecule has 1 saturated heterocycles. The lowest BCUT2D eigenvalue weighted by atomic mass is 10.1. The Labute approximate surface area is 129 Å². The number of nitrogens with zero attached hydrogens (tertiary/aromatic N) is 2. The molecule has 3 heterocycles. The normalized spacial score (nSPS) is 25.0. The molecule has 8 nitrogen and oxygen atoms in total. The molecule has 118 valence electrons. The molecule has 1 fully saturated rings. The molecular formula is C13H15N3O5S. The fourth-order valence-electron chi connectivity index (χ4n) is 2.77. The maximum absolute atomic E-state index is 12.1. The number of carboxylic acid groups (broad SMARTS) is 1. The summed E-state index contributed by atoms with van der Waals surface area (Å²) in [6.45, 7) is 0.268. The average molecular weight is 325 g/mol. The number of aliphatic carboxylic acids is 1. The summed E-state index contributed by atoms with van der Waals surface area (Å²) in [5, 5.41) is 11.3. The van der Waals surface area contributed by atoms with Crippen LogP contribution in [-0.4, -0.2) is 60.1 Å². The number of anilines is 1. The van der Waals surface area contributed by atoms with Crippen LogP contribution in [0, 0.1) is 0 Å². The van der Waals surface area contributed by atoms with Gasteiger partial charge in [0, 0.05) is 14.2 Å². The van der Waals surface area contributed by atoms with E-state index in [-0.39, 0.29) is 18.1 Å². The first-order valence-corrected chi connectivity index (χ1v) is 7.47. The van der Waals surface area contributed by atoms with Crippen molar-refractivity contribution in [3.8, 4) is 0 Å². The van der Waals surface area contributed by atoms with Crippen LogP contribution < -0.4 is 10.5 Å². The number of carbonyl (C=O) groups is 1. The number of H-pyrrole nitrogens is 1. The standard InChI is InChI=1S/C13H15N3O5S/c1-20-7-5-16(8(12(18)19)9(7)21-2)13-14-6-3-4-22-10(6)11(17)15-13/h3-4,7-9H,5H2,1-2H3,(H,18,19)(H,14,15,17)/t7-,8-,9-/m1/s1. The molecule has 1 aliphatic heterocycles. The zero-order valence-electron chi connectivity index (χ0n) is 12.0. The van der Waals surface area contributed by atoms with Crippen molar-refractivity contribution in [3.63, 3.8) is 0 Å². The van der Waals surface area contributed by atoms with Crippen LogP contribution in [-0.2, 0) is 14.3 Å². The summed E-state index contributed by atoms with van der Waals surface area (Å²) in [6, 6.07) is 0.751. The molecular weight excluding hydrogens is 310 g/mol. The van der Waals surface area contributed by atoms with E-state index in [4.69, 9.17) is 9.47 Å². The summed E-state index contributed by atoms with van der Waals surface area (Å²) in [6.07, 6.45) is -1.07. The van der Waals surface area contributed by atoms with Crippen molar-refractivity contribution in [2.75, 3.05) is 25.7 Å². The molecule has 0 amide bonds. The Balaban J connectivity index is 2.07. The largest absolute Gasteiger partial charge is 0.480 e. The Morgan fingerprint density at radius 1 is 1.50 bits per heavy atom. The summed E-state index contributed by atoms with van der Waals surface area (Å²) in [4.78, 5) is 32.2. The lowest BCUT2D eigenvalue weighted by Gasteiger charge is -2.23. The van der Waals surface area contributed by atoms with E-state index in [1.165, 1.54) is 30.5 Å². The molecule has 0 spiro atoms. The van der Waals surface area contributed by atoms with E-state index in [9.17, 15) is 14.7 Å². The highest BCUT2D eigenvalue weighted by atomic mass is 32.1. The molecule has 2 aromatic rings. The summed E-state index contributed by atoms with van der Waals surface area (Å²) in [5.41, 5.74) is 0.261. The third-order valence-electron chi connectivity index (χ3n) is 3.79. The van der Waals surface area contributed by atoms with Crippen molar-refractivity contribution in [3.05, 3.63) is 21.8 Å². The van der Waals surface area contributed by atoms with Crippen LogP contribution in [0.4, 0.5) is 5.95 Å². The molecule has 1 aliphatic rings. The number of aromatic amines is 1. The number of methoxy groups -OCH3 is 2. The predicted molar refractivity (Wildman–Crippen MR) is 80.6 cm³/mol. The van der Waals surface area contributed by atoms with Crippen LogP contribution >= 0.6 is 11.3 Å². The van der Waals surface area contributed by atoms with Gasteiger partial charge in [0.1, 0.15) is 16.9 Å². The molecule has 22 heavy (non-hydrogen) atoms. The van der Waals surface area contributed by atoms with E-state index in [2.05, 4.69) is 9.97 Å². The van der Waals surface area contributed by atoms with Crippen LogP contribution in [0.5, 0.6) is 0 Å². The van der Waals surface area contributed by atoms with Gasteiger partial charge in [0.15, 0.2) is 6.04 Å². The summed E-state index contributed by atoms with van der Waals surface area (Å²) in [5.74, 6) is -0.843. The van der Waals surface area contributed by atoms with E-state index in [0.29, 0.717) is 10.2 Å². The first kappa shape index (κ1) is 14.9. The van der Waals surface area contributed by atoms with E-state index in [0.717, 1.165) is 0 Å². The summed E-state index contributed by atoms with van der Waals surface area (Å²) < 4.78 is 11.1. The van der Waals surface area contributed by atoms with Crippen LogP contribution in [0.1, 0.15) is 0 Å². The quantitative estimate of drug-likeness (QED) is 0.832. The molecule has 0 radical (unpaired) electrons. The van der Waals surface area contributed by atoms with Gasteiger partial charge in [-0.3, -0.25) is 9.78 Å². The number of rotatable bonds is 4. The van der Waals surface area contributed by atoms with Crippen molar-refractivity contribution in [2.24, 2.45) is 0 Å². The Morgan fingerprint density at radius 3 is 2.91 bits per heavy atom. The number of carboxylic acids is 1.